The molecule has 0 bridgehead atoms. The molecule has 1 atom stereocenters. The highest BCUT2D eigenvalue weighted by Gasteiger charge is 2.33. The molecule has 0 aromatic carbocycles. The van der Waals surface area contributed by atoms with Crippen molar-refractivity contribution in [2.75, 3.05) is 19.6 Å². The first-order valence-corrected chi connectivity index (χ1v) is 6.84. The van der Waals surface area contributed by atoms with Gasteiger partial charge >= 0.3 is 6.18 Å². The molecule has 0 fully saturated rings. The summed E-state index contributed by atoms with van der Waals surface area (Å²) in [5.74, 6) is 0. The van der Waals surface area contributed by atoms with Gasteiger partial charge in [-0.2, -0.15) is 13.2 Å². The van der Waals surface area contributed by atoms with Gasteiger partial charge in [-0.25, -0.2) is 0 Å². The molecule has 0 aliphatic heterocycles. The number of hydrogen-bond acceptors (Lipinski definition) is 2. The Hall–Kier alpha value is -0.290. The smallest absolute Gasteiger partial charge is 0.313 e. The Morgan fingerprint density at radius 2 is 1.72 bits per heavy atom. The molecule has 0 spiro atoms. The van der Waals surface area contributed by atoms with Gasteiger partial charge in [-0.15, -0.1) is 0 Å². The van der Waals surface area contributed by atoms with E-state index in [1.54, 1.807) is 4.90 Å². The van der Waals surface area contributed by atoms with Crippen molar-refractivity contribution in [3.63, 3.8) is 0 Å². The molecule has 1 N–H and O–H groups in total. The SMILES string of the molecule is CCCC(CNC(C)C)N(CCC)CC(F)(F)F. The van der Waals surface area contributed by atoms with Gasteiger partial charge in [0, 0.05) is 18.6 Å². The molecule has 0 aliphatic rings. The summed E-state index contributed by atoms with van der Waals surface area (Å²) in [5, 5.41) is 3.25. The van der Waals surface area contributed by atoms with Crippen LogP contribution in [0.25, 0.3) is 0 Å². The van der Waals surface area contributed by atoms with Crippen molar-refractivity contribution in [3.05, 3.63) is 0 Å². The Bertz CT molecular complexity index is 205. The predicted octanol–water partition coefficient (Wildman–Crippen LogP) is 3.43. The monoisotopic (exact) mass is 268 g/mol. The van der Waals surface area contributed by atoms with Crippen LogP contribution in [0.4, 0.5) is 13.2 Å². The normalized spacial score (nSPS) is 14.5. The number of alkyl halides is 3. The molecule has 18 heavy (non-hydrogen) atoms. The first kappa shape index (κ1) is 17.7. The highest BCUT2D eigenvalue weighted by molar-refractivity contribution is 4.76. The summed E-state index contributed by atoms with van der Waals surface area (Å²) in [6.07, 6.45) is -1.66. The van der Waals surface area contributed by atoms with E-state index in [0.29, 0.717) is 19.1 Å². The first-order chi connectivity index (χ1) is 8.30. The van der Waals surface area contributed by atoms with Crippen LogP contribution in [-0.2, 0) is 0 Å². The van der Waals surface area contributed by atoms with Crippen molar-refractivity contribution in [2.24, 2.45) is 0 Å². The van der Waals surface area contributed by atoms with Crippen molar-refractivity contribution >= 4 is 0 Å². The topological polar surface area (TPSA) is 15.3 Å². The molecule has 110 valence electrons. The fraction of sp³-hybridized carbons (Fsp3) is 1.00. The molecule has 0 aromatic heterocycles. The van der Waals surface area contributed by atoms with Gasteiger partial charge in [-0.05, 0) is 19.4 Å². The van der Waals surface area contributed by atoms with E-state index in [1.165, 1.54) is 0 Å². The van der Waals surface area contributed by atoms with Gasteiger partial charge < -0.3 is 5.32 Å². The van der Waals surface area contributed by atoms with Crippen LogP contribution in [0.1, 0.15) is 47.0 Å². The van der Waals surface area contributed by atoms with Crippen molar-refractivity contribution in [3.8, 4) is 0 Å². The van der Waals surface area contributed by atoms with Gasteiger partial charge in [0.1, 0.15) is 0 Å². The number of hydrogen-bond donors (Lipinski definition) is 1. The maximum absolute atomic E-state index is 12.6. The van der Waals surface area contributed by atoms with Gasteiger partial charge in [0.05, 0.1) is 6.54 Å². The minimum atomic E-state index is -4.11. The molecule has 0 rings (SSSR count). The van der Waals surface area contributed by atoms with Crippen LogP contribution in [0.2, 0.25) is 0 Å². The summed E-state index contributed by atoms with van der Waals surface area (Å²) >= 11 is 0. The van der Waals surface area contributed by atoms with E-state index >= 15 is 0 Å². The fourth-order valence-corrected chi connectivity index (χ4v) is 2.03. The first-order valence-electron chi connectivity index (χ1n) is 6.84. The highest BCUT2D eigenvalue weighted by atomic mass is 19.4. The zero-order valence-corrected chi connectivity index (χ0v) is 12.0. The van der Waals surface area contributed by atoms with Crippen molar-refractivity contribution < 1.29 is 13.2 Å². The van der Waals surface area contributed by atoms with E-state index in [4.69, 9.17) is 0 Å². The third-order valence-corrected chi connectivity index (χ3v) is 2.79. The summed E-state index contributed by atoms with van der Waals surface area (Å²) in [6, 6.07) is 0.276. The van der Waals surface area contributed by atoms with Gasteiger partial charge in [0.2, 0.25) is 0 Å². The Morgan fingerprint density at radius 1 is 1.11 bits per heavy atom. The lowest BCUT2D eigenvalue weighted by molar-refractivity contribution is -0.151. The van der Waals surface area contributed by atoms with Crippen LogP contribution in [-0.4, -0.2) is 42.8 Å². The minimum absolute atomic E-state index is 0.0287. The van der Waals surface area contributed by atoms with Gasteiger partial charge in [-0.1, -0.05) is 34.1 Å². The lowest BCUT2D eigenvalue weighted by Crippen LogP contribution is -2.47. The molecular weight excluding hydrogens is 241 g/mol. The van der Waals surface area contributed by atoms with E-state index in [2.05, 4.69) is 5.32 Å². The molecule has 1 unspecified atom stereocenters. The Morgan fingerprint density at radius 3 is 2.11 bits per heavy atom. The molecule has 5 heteroatoms. The van der Waals surface area contributed by atoms with Gasteiger partial charge in [-0.3, -0.25) is 4.90 Å². The molecule has 2 nitrogen and oxygen atoms in total. The quantitative estimate of drug-likeness (QED) is 0.689. The fourth-order valence-electron chi connectivity index (χ4n) is 2.03. The van der Waals surface area contributed by atoms with E-state index in [1.807, 2.05) is 27.7 Å². The van der Waals surface area contributed by atoms with Crippen LogP contribution < -0.4 is 5.32 Å². The standard InChI is InChI=1S/C13H27F3N2/c1-5-7-12(9-17-11(3)4)18(8-6-2)10-13(14,15)16/h11-12,17H,5-10H2,1-4H3. The molecule has 0 aromatic rings. The number of rotatable bonds is 9. The average Bonchev–Trinajstić information content (AvgIpc) is 2.21. The summed E-state index contributed by atoms with van der Waals surface area (Å²) in [5.41, 5.74) is 0. The lowest BCUT2D eigenvalue weighted by Gasteiger charge is -2.32. The van der Waals surface area contributed by atoms with E-state index in [9.17, 15) is 13.2 Å². The van der Waals surface area contributed by atoms with Crippen molar-refractivity contribution in [2.45, 2.75) is 65.2 Å². The van der Waals surface area contributed by atoms with Crippen LogP contribution in [0.3, 0.4) is 0 Å². The van der Waals surface area contributed by atoms with Crippen LogP contribution in [0.5, 0.6) is 0 Å². The number of nitrogens with one attached hydrogen (secondary N) is 1. The summed E-state index contributed by atoms with van der Waals surface area (Å²) in [6.45, 7) is 8.28. The number of halogens is 3. The zero-order chi connectivity index (χ0) is 14.2. The highest BCUT2D eigenvalue weighted by Crippen LogP contribution is 2.19. The Labute approximate surface area is 109 Å². The van der Waals surface area contributed by atoms with Gasteiger partial charge in [0.25, 0.3) is 0 Å². The number of nitrogens with zero attached hydrogens (tertiary/aromatic N) is 1. The summed E-state index contributed by atoms with van der Waals surface area (Å²) in [4.78, 5) is 1.57. The third-order valence-electron chi connectivity index (χ3n) is 2.79. The minimum Gasteiger partial charge on any atom is -0.313 e. The van der Waals surface area contributed by atoms with Gasteiger partial charge in [0.15, 0.2) is 0 Å². The molecule has 0 saturated carbocycles. The summed E-state index contributed by atoms with van der Waals surface area (Å²) < 4.78 is 37.7. The molecule has 0 heterocycles. The predicted molar refractivity (Wildman–Crippen MR) is 69.8 cm³/mol. The zero-order valence-electron chi connectivity index (χ0n) is 12.0. The largest absolute Gasteiger partial charge is 0.401 e. The molecule has 0 amide bonds. The Kier molecular flexibility index (Phi) is 8.61. The van der Waals surface area contributed by atoms with E-state index < -0.39 is 12.7 Å². The molecule has 0 radical (unpaired) electrons. The van der Waals surface area contributed by atoms with E-state index in [0.717, 1.165) is 19.3 Å². The van der Waals surface area contributed by atoms with Crippen LogP contribution in [0.15, 0.2) is 0 Å². The second-order valence-electron chi connectivity index (χ2n) is 5.09. The second kappa shape index (κ2) is 8.75. The van der Waals surface area contributed by atoms with Crippen LogP contribution in [0, 0.1) is 0 Å². The Balaban J connectivity index is 4.53. The third kappa shape index (κ3) is 8.75. The molecular formula is C13H27F3N2. The van der Waals surface area contributed by atoms with Crippen molar-refractivity contribution in [1.82, 2.24) is 10.2 Å². The van der Waals surface area contributed by atoms with Crippen molar-refractivity contribution in [1.29, 1.82) is 0 Å². The van der Waals surface area contributed by atoms with Crippen LogP contribution >= 0.6 is 0 Å². The average molecular weight is 268 g/mol. The molecule has 0 aliphatic carbocycles. The second-order valence-corrected chi connectivity index (χ2v) is 5.09. The van der Waals surface area contributed by atoms with E-state index in [-0.39, 0.29) is 6.04 Å². The maximum Gasteiger partial charge on any atom is 0.401 e. The summed E-state index contributed by atoms with van der Waals surface area (Å²) in [7, 11) is 0. The maximum atomic E-state index is 12.6. The lowest BCUT2D eigenvalue weighted by atomic mass is 10.1. The molecule has 0 saturated heterocycles.